The van der Waals surface area contributed by atoms with Gasteiger partial charge in [0.25, 0.3) is 0 Å². The van der Waals surface area contributed by atoms with Crippen LogP contribution in [-0.4, -0.2) is 37.4 Å². The highest BCUT2D eigenvalue weighted by Gasteiger charge is 2.06. The van der Waals surface area contributed by atoms with Crippen LogP contribution in [0.1, 0.15) is 6.92 Å². The zero-order valence-corrected chi connectivity index (χ0v) is 8.39. The first kappa shape index (κ1) is 9.97. The summed E-state index contributed by atoms with van der Waals surface area (Å²) in [6.07, 6.45) is 1.66. The molecule has 0 amide bonds. The molecule has 0 radical (unpaired) electrons. The van der Waals surface area contributed by atoms with Crippen molar-refractivity contribution in [3.63, 3.8) is 0 Å². The van der Waals surface area contributed by atoms with E-state index in [1.165, 1.54) is 0 Å². The standard InChI is InChI=1S/C6H13N5OS/c1-4(3-13(2)12)8-6-9-5(7)10-11-6/h4H,3H2,1-2H3,(H4,7,8,9,10,11). The van der Waals surface area contributed by atoms with Gasteiger partial charge in [-0.05, 0) is 6.92 Å². The molecule has 0 fully saturated rings. The van der Waals surface area contributed by atoms with Gasteiger partial charge < -0.3 is 11.1 Å². The molecule has 1 heterocycles. The van der Waals surface area contributed by atoms with E-state index >= 15 is 0 Å². The van der Waals surface area contributed by atoms with Crippen LogP contribution in [0.15, 0.2) is 0 Å². The Hall–Kier alpha value is -1.11. The Morgan fingerprint density at radius 1 is 1.77 bits per heavy atom. The maximum Gasteiger partial charge on any atom is 0.243 e. The molecule has 1 aromatic rings. The summed E-state index contributed by atoms with van der Waals surface area (Å²) in [5, 5.41) is 9.26. The molecule has 0 aliphatic rings. The van der Waals surface area contributed by atoms with Gasteiger partial charge in [-0.3, -0.25) is 4.21 Å². The topological polar surface area (TPSA) is 96.7 Å². The number of nitrogen functional groups attached to an aromatic ring is 1. The molecule has 0 aromatic carbocycles. The zero-order valence-electron chi connectivity index (χ0n) is 7.57. The van der Waals surface area contributed by atoms with Crippen molar-refractivity contribution in [2.75, 3.05) is 23.1 Å². The second kappa shape index (κ2) is 4.22. The average Bonchev–Trinajstić information content (AvgIpc) is 2.33. The molecule has 0 spiro atoms. The monoisotopic (exact) mass is 203 g/mol. The molecule has 7 heteroatoms. The molecule has 2 unspecified atom stereocenters. The van der Waals surface area contributed by atoms with Crippen LogP contribution in [0.5, 0.6) is 0 Å². The van der Waals surface area contributed by atoms with Crippen molar-refractivity contribution >= 4 is 22.7 Å². The highest BCUT2D eigenvalue weighted by Crippen LogP contribution is 2.01. The highest BCUT2D eigenvalue weighted by molar-refractivity contribution is 7.84. The zero-order chi connectivity index (χ0) is 9.84. The molecule has 0 bridgehead atoms. The van der Waals surface area contributed by atoms with E-state index in [0.29, 0.717) is 11.7 Å². The van der Waals surface area contributed by atoms with Gasteiger partial charge in [0.05, 0.1) is 0 Å². The van der Waals surface area contributed by atoms with Crippen LogP contribution in [-0.2, 0) is 10.8 Å². The van der Waals surface area contributed by atoms with E-state index in [4.69, 9.17) is 5.73 Å². The fourth-order valence-electron chi connectivity index (χ4n) is 0.953. The van der Waals surface area contributed by atoms with Crippen LogP contribution in [0.25, 0.3) is 0 Å². The van der Waals surface area contributed by atoms with Crippen LogP contribution >= 0.6 is 0 Å². The summed E-state index contributed by atoms with van der Waals surface area (Å²) < 4.78 is 10.8. The van der Waals surface area contributed by atoms with E-state index in [-0.39, 0.29) is 12.0 Å². The highest BCUT2D eigenvalue weighted by atomic mass is 32.2. The quantitative estimate of drug-likeness (QED) is 0.616. The van der Waals surface area contributed by atoms with Gasteiger partial charge in [0, 0.05) is 28.9 Å². The van der Waals surface area contributed by atoms with E-state index in [1.54, 1.807) is 6.26 Å². The number of H-pyrrole nitrogens is 1. The number of nitrogens with zero attached hydrogens (tertiary/aromatic N) is 2. The largest absolute Gasteiger partial charge is 0.368 e. The third-order valence-electron chi connectivity index (χ3n) is 1.36. The number of hydrogen-bond acceptors (Lipinski definition) is 5. The molecule has 1 rings (SSSR count). The number of nitrogens with two attached hydrogens (primary N) is 1. The lowest BCUT2D eigenvalue weighted by molar-refractivity contribution is 0.682. The predicted molar refractivity (Wildman–Crippen MR) is 52.8 cm³/mol. The van der Waals surface area contributed by atoms with E-state index in [0.717, 1.165) is 0 Å². The van der Waals surface area contributed by atoms with Crippen LogP contribution in [0, 0.1) is 0 Å². The Morgan fingerprint density at radius 2 is 2.46 bits per heavy atom. The molecule has 13 heavy (non-hydrogen) atoms. The van der Waals surface area contributed by atoms with Crippen molar-refractivity contribution in [2.24, 2.45) is 0 Å². The lowest BCUT2D eigenvalue weighted by Gasteiger charge is -2.09. The van der Waals surface area contributed by atoms with Crippen molar-refractivity contribution in [3.05, 3.63) is 0 Å². The van der Waals surface area contributed by atoms with Gasteiger partial charge in [-0.1, -0.05) is 0 Å². The second-order valence-electron chi connectivity index (χ2n) is 2.83. The first-order chi connectivity index (χ1) is 6.08. The van der Waals surface area contributed by atoms with Crippen molar-refractivity contribution in [3.8, 4) is 0 Å². The third-order valence-corrected chi connectivity index (χ3v) is 2.33. The Bertz CT molecular complexity index is 299. The van der Waals surface area contributed by atoms with E-state index in [2.05, 4.69) is 20.5 Å². The minimum Gasteiger partial charge on any atom is -0.368 e. The van der Waals surface area contributed by atoms with Crippen molar-refractivity contribution in [2.45, 2.75) is 13.0 Å². The van der Waals surface area contributed by atoms with Gasteiger partial charge in [0.2, 0.25) is 11.9 Å². The van der Waals surface area contributed by atoms with Crippen LogP contribution in [0.4, 0.5) is 11.9 Å². The number of rotatable bonds is 4. The van der Waals surface area contributed by atoms with Gasteiger partial charge >= 0.3 is 0 Å². The second-order valence-corrected chi connectivity index (χ2v) is 4.31. The maximum absolute atomic E-state index is 10.8. The first-order valence-electron chi connectivity index (χ1n) is 3.82. The smallest absolute Gasteiger partial charge is 0.243 e. The number of nitrogens with one attached hydrogen (secondary N) is 2. The summed E-state index contributed by atoms with van der Waals surface area (Å²) in [4.78, 5) is 3.86. The molecular weight excluding hydrogens is 190 g/mol. The van der Waals surface area contributed by atoms with Gasteiger partial charge in [-0.25, -0.2) is 5.10 Å². The summed E-state index contributed by atoms with van der Waals surface area (Å²) in [5.74, 6) is 1.27. The molecule has 0 aliphatic carbocycles. The molecule has 4 N–H and O–H groups in total. The van der Waals surface area contributed by atoms with Crippen molar-refractivity contribution in [1.82, 2.24) is 15.2 Å². The number of anilines is 2. The number of aromatic nitrogens is 3. The summed E-state index contributed by atoms with van der Waals surface area (Å²) >= 11 is 0. The van der Waals surface area contributed by atoms with E-state index in [1.807, 2.05) is 6.92 Å². The van der Waals surface area contributed by atoms with E-state index in [9.17, 15) is 4.21 Å². The normalized spacial score (nSPS) is 15.2. The molecule has 0 saturated carbocycles. The summed E-state index contributed by atoms with van der Waals surface area (Å²) in [7, 11) is -0.822. The van der Waals surface area contributed by atoms with E-state index < -0.39 is 10.8 Å². The van der Waals surface area contributed by atoms with Crippen molar-refractivity contribution in [1.29, 1.82) is 0 Å². The molecule has 1 aromatic heterocycles. The molecule has 0 saturated heterocycles. The molecule has 6 nitrogen and oxygen atoms in total. The SMILES string of the molecule is CC(CS(C)=O)Nc1n[nH]c(N)n1. The minimum absolute atomic E-state index is 0.0704. The molecule has 74 valence electrons. The first-order valence-corrected chi connectivity index (χ1v) is 5.55. The fraction of sp³-hybridized carbons (Fsp3) is 0.667. The Morgan fingerprint density at radius 3 is 2.92 bits per heavy atom. The van der Waals surface area contributed by atoms with Crippen LogP contribution in [0.3, 0.4) is 0 Å². The summed E-state index contributed by atoms with van der Waals surface area (Å²) in [6, 6.07) is 0.0704. The predicted octanol–water partition coefficient (Wildman–Crippen LogP) is -0.434. The Kier molecular flexibility index (Phi) is 3.24. The maximum atomic E-state index is 10.8. The summed E-state index contributed by atoms with van der Waals surface area (Å²) in [5.41, 5.74) is 5.33. The fourth-order valence-corrected chi connectivity index (χ4v) is 1.74. The Balaban J connectivity index is 2.44. The lowest BCUT2D eigenvalue weighted by Crippen LogP contribution is -2.22. The average molecular weight is 203 g/mol. The number of aromatic amines is 1. The minimum atomic E-state index is -0.822. The third kappa shape index (κ3) is 3.41. The van der Waals surface area contributed by atoms with Gasteiger partial charge in [-0.2, -0.15) is 4.98 Å². The Labute approximate surface area is 78.8 Å². The summed E-state index contributed by atoms with van der Waals surface area (Å²) in [6.45, 7) is 1.91. The number of hydrogen-bond donors (Lipinski definition) is 3. The van der Waals surface area contributed by atoms with Gasteiger partial charge in [0.15, 0.2) is 0 Å². The van der Waals surface area contributed by atoms with Crippen LogP contribution < -0.4 is 11.1 Å². The van der Waals surface area contributed by atoms with Gasteiger partial charge in [0.1, 0.15) is 0 Å². The van der Waals surface area contributed by atoms with Gasteiger partial charge in [-0.15, -0.1) is 5.10 Å². The molecule has 0 aliphatic heterocycles. The molecule has 2 atom stereocenters. The van der Waals surface area contributed by atoms with Crippen LogP contribution in [0.2, 0.25) is 0 Å². The van der Waals surface area contributed by atoms with Crippen molar-refractivity contribution < 1.29 is 4.21 Å². The molecular formula is C6H13N5OS. The lowest BCUT2D eigenvalue weighted by atomic mass is 10.4.